The molecule has 9 heteroatoms. The standard InChI is InChI=1S/C17H19N3O5S/c1-11-15(9-18-20(11)14-6-7-26(23,24)10-14)16(21)19-13-5-3-4-12(8-13)17(22)25-2/h3-5,8-9,14H,6-7,10H2,1-2H3,(H,19,21). The Kier molecular flexibility index (Phi) is 4.82. The van der Waals surface area contributed by atoms with Crippen LogP contribution in [0.2, 0.25) is 0 Å². The molecule has 1 N–H and O–H groups in total. The molecule has 2 aromatic rings. The Hall–Kier alpha value is -2.68. The minimum atomic E-state index is -3.04. The number of rotatable bonds is 4. The summed E-state index contributed by atoms with van der Waals surface area (Å²) in [6, 6.07) is 6.16. The van der Waals surface area contributed by atoms with Gasteiger partial charge in [-0.3, -0.25) is 9.48 Å². The first kappa shape index (κ1) is 18.1. The summed E-state index contributed by atoms with van der Waals surface area (Å²) in [5.74, 6) is -0.694. The summed E-state index contributed by atoms with van der Waals surface area (Å²) < 4.78 is 29.6. The third kappa shape index (κ3) is 3.62. The van der Waals surface area contributed by atoms with Gasteiger partial charge in [0.2, 0.25) is 0 Å². The van der Waals surface area contributed by atoms with Crippen LogP contribution in [0.25, 0.3) is 0 Å². The van der Waals surface area contributed by atoms with Crippen LogP contribution >= 0.6 is 0 Å². The molecule has 1 aromatic heterocycles. The Morgan fingerprint density at radius 2 is 2.12 bits per heavy atom. The van der Waals surface area contributed by atoms with Crippen molar-refractivity contribution in [3.05, 3.63) is 47.3 Å². The van der Waals surface area contributed by atoms with Gasteiger partial charge in [0.1, 0.15) is 0 Å². The maximum absolute atomic E-state index is 12.5. The number of esters is 1. The van der Waals surface area contributed by atoms with Crippen molar-refractivity contribution < 1.29 is 22.7 Å². The zero-order valence-electron chi connectivity index (χ0n) is 14.4. The molecule has 0 aliphatic carbocycles. The zero-order valence-corrected chi connectivity index (χ0v) is 15.2. The molecule has 1 amide bonds. The number of carbonyl (C=O) groups is 2. The number of benzene rings is 1. The molecule has 1 aliphatic heterocycles. The Labute approximate surface area is 151 Å². The molecule has 138 valence electrons. The molecule has 3 rings (SSSR count). The van der Waals surface area contributed by atoms with E-state index in [1.54, 1.807) is 29.8 Å². The average molecular weight is 377 g/mol. The Balaban J connectivity index is 1.78. The Morgan fingerprint density at radius 3 is 2.77 bits per heavy atom. The van der Waals surface area contributed by atoms with E-state index in [-0.39, 0.29) is 23.5 Å². The number of carbonyl (C=O) groups excluding carboxylic acids is 2. The lowest BCUT2D eigenvalue weighted by molar-refractivity contribution is 0.0600. The van der Waals surface area contributed by atoms with Gasteiger partial charge in [-0.1, -0.05) is 6.07 Å². The lowest BCUT2D eigenvalue weighted by Crippen LogP contribution is -2.16. The zero-order chi connectivity index (χ0) is 18.9. The maximum atomic E-state index is 12.5. The van der Waals surface area contributed by atoms with E-state index >= 15 is 0 Å². The monoisotopic (exact) mass is 377 g/mol. The summed E-state index contributed by atoms with van der Waals surface area (Å²) in [4.78, 5) is 24.1. The van der Waals surface area contributed by atoms with Crippen LogP contribution < -0.4 is 5.32 Å². The SMILES string of the molecule is COC(=O)c1cccc(NC(=O)c2cnn(C3CCS(=O)(=O)C3)c2C)c1. The van der Waals surface area contributed by atoms with E-state index in [4.69, 9.17) is 0 Å². The lowest BCUT2D eigenvalue weighted by atomic mass is 10.2. The van der Waals surface area contributed by atoms with Crippen molar-refractivity contribution in [1.29, 1.82) is 0 Å². The van der Waals surface area contributed by atoms with E-state index < -0.39 is 15.8 Å². The number of ether oxygens (including phenoxy) is 1. The van der Waals surface area contributed by atoms with Crippen molar-refractivity contribution in [2.24, 2.45) is 0 Å². The van der Waals surface area contributed by atoms with Gasteiger partial charge in [0.25, 0.3) is 5.91 Å². The lowest BCUT2D eigenvalue weighted by Gasteiger charge is -2.11. The van der Waals surface area contributed by atoms with Crippen LogP contribution in [0.3, 0.4) is 0 Å². The van der Waals surface area contributed by atoms with Crippen LogP contribution in [0.5, 0.6) is 0 Å². The van der Waals surface area contributed by atoms with Gasteiger partial charge in [0, 0.05) is 11.4 Å². The smallest absolute Gasteiger partial charge is 0.337 e. The number of anilines is 1. The first-order valence-corrected chi connectivity index (χ1v) is 9.87. The van der Waals surface area contributed by atoms with Gasteiger partial charge in [-0.25, -0.2) is 13.2 Å². The van der Waals surface area contributed by atoms with E-state index in [2.05, 4.69) is 15.2 Å². The average Bonchev–Trinajstić information content (AvgIpc) is 3.16. The number of hydrogen-bond acceptors (Lipinski definition) is 6. The molecule has 0 radical (unpaired) electrons. The van der Waals surface area contributed by atoms with Crippen LogP contribution in [0.1, 0.15) is 38.9 Å². The molecule has 1 unspecified atom stereocenters. The van der Waals surface area contributed by atoms with Gasteiger partial charge >= 0.3 is 5.97 Å². The number of nitrogens with one attached hydrogen (secondary N) is 1. The van der Waals surface area contributed by atoms with E-state index in [0.717, 1.165) is 0 Å². The fraction of sp³-hybridized carbons (Fsp3) is 0.353. The Morgan fingerprint density at radius 1 is 1.35 bits per heavy atom. The molecule has 1 saturated heterocycles. The first-order valence-electron chi connectivity index (χ1n) is 8.05. The highest BCUT2D eigenvalue weighted by Crippen LogP contribution is 2.25. The summed E-state index contributed by atoms with van der Waals surface area (Å²) in [6.07, 6.45) is 1.92. The molecule has 8 nitrogen and oxygen atoms in total. The predicted octanol–water partition coefficient (Wildman–Crippen LogP) is 1.59. The van der Waals surface area contributed by atoms with Crippen molar-refractivity contribution in [3.8, 4) is 0 Å². The highest BCUT2D eigenvalue weighted by Gasteiger charge is 2.31. The molecule has 0 bridgehead atoms. The number of methoxy groups -OCH3 is 1. The van der Waals surface area contributed by atoms with Gasteiger partial charge in [0.15, 0.2) is 9.84 Å². The highest BCUT2D eigenvalue weighted by atomic mass is 32.2. The fourth-order valence-corrected chi connectivity index (χ4v) is 4.71. The van der Waals surface area contributed by atoms with E-state index in [1.807, 2.05) is 0 Å². The molecular weight excluding hydrogens is 358 g/mol. The second-order valence-corrected chi connectivity index (χ2v) is 8.40. The first-order chi connectivity index (χ1) is 12.3. The molecule has 1 aliphatic rings. The van der Waals surface area contributed by atoms with Crippen LogP contribution in [0, 0.1) is 6.92 Å². The highest BCUT2D eigenvalue weighted by molar-refractivity contribution is 7.91. The third-order valence-electron chi connectivity index (χ3n) is 4.39. The number of aromatic nitrogens is 2. The van der Waals surface area contributed by atoms with E-state index in [9.17, 15) is 18.0 Å². The van der Waals surface area contributed by atoms with Crippen LogP contribution in [0.15, 0.2) is 30.5 Å². The van der Waals surface area contributed by atoms with E-state index in [0.29, 0.717) is 28.9 Å². The maximum Gasteiger partial charge on any atom is 0.337 e. The molecule has 26 heavy (non-hydrogen) atoms. The fourth-order valence-electron chi connectivity index (χ4n) is 3.02. The topological polar surface area (TPSA) is 107 Å². The quantitative estimate of drug-likeness (QED) is 0.811. The van der Waals surface area contributed by atoms with Gasteiger partial charge in [-0.05, 0) is 31.5 Å². The number of sulfone groups is 1. The molecule has 0 spiro atoms. The number of amides is 1. The summed E-state index contributed by atoms with van der Waals surface area (Å²) >= 11 is 0. The molecule has 1 aromatic carbocycles. The van der Waals surface area contributed by atoms with Crippen LogP contribution in [-0.4, -0.2) is 48.7 Å². The minimum Gasteiger partial charge on any atom is -0.465 e. The normalized spacial score (nSPS) is 18.5. The minimum absolute atomic E-state index is 0.0394. The van der Waals surface area contributed by atoms with Crippen molar-refractivity contribution in [3.63, 3.8) is 0 Å². The van der Waals surface area contributed by atoms with Crippen molar-refractivity contribution in [1.82, 2.24) is 9.78 Å². The third-order valence-corrected chi connectivity index (χ3v) is 6.14. The number of nitrogens with zero attached hydrogens (tertiary/aromatic N) is 2. The van der Waals surface area contributed by atoms with Gasteiger partial charge in [-0.15, -0.1) is 0 Å². The Bertz CT molecular complexity index is 965. The van der Waals surface area contributed by atoms with Gasteiger partial charge in [-0.2, -0.15) is 5.10 Å². The molecule has 1 fully saturated rings. The van der Waals surface area contributed by atoms with E-state index in [1.165, 1.54) is 19.4 Å². The van der Waals surface area contributed by atoms with Crippen molar-refractivity contribution >= 4 is 27.4 Å². The summed E-state index contributed by atoms with van der Waals surface area (Å²) in [5.41, 5.74) is 1.74. The molecule has 1 atom stereocenters. The predicted molar refractivity (Wildman–Crippen MR) is 95.0 cm³/mol. The van der Waals surface area contributed by atoms with Crippen LogP contribution in [0.4, 0.5) is 5.69 Å². The van der Waals surface area contributed by atoms with Crippen molar-refractivity contribution in [2.45, 2.75) is 19.4 Å². The van der Waals surface area contributed by atoms with Gasteiger partial charge in [0.05, 0.1) is 42.0 Å². The van der Waals surface area contributed by atoms with Gasteiger partial charge < -0.3 is 10.1 Å². The summed E-state index contributed by atoms with van der Waals surface area (Å²) in [5, 5.41) is 6.92. The number of hydrogen-bond donors (Lipinski definition) is 1. The van der Waals surface area contributed by atoms with Crippen LogP contribution in [-0.2, 0) is 14.6 Å². The second kappa shape index (κ2) is 6.91. The second-order valence-electron chi connectivity index (χ2n) is 6.17. The summed E-state index contributed by atoms with van der Waals surface area (Å²) in [7, 11) is -1.75. The summed E-state index contributed by atoms with van der Waals surface area (Å²) in [6.45, 7) is 1.73. The molecule has 0 saturated carbocycles. The molecular formula is C17H19N3O5S. The molecule has 2 heterocycles. The largest absolute Gasteiger partial charge is 0.465 e. The van der Waals surface area contributed by atoms with Crippen molar-refractivity contribution in [2.75, 3.05) is 23.9 Å².